The Kier molecular flexibility index (Phi) is 3.53. The zero-order valence-corrected chi connectivity index (χ0v) is 14.3. The maximum absolute atomic E-state index is 5.32. The molecule has 4 rings (SSSR count). The lowest BCUT2D eigenvalue weighted by molar-refractivity contribution is 0.415. The minimum Gasteiger partial charge on any atom is -0.497 e. The summed E-state index contributed by atoms with van der Waals surface area (Å²) in [4.78, 5) is 3.55. The van der Waals surface area contributed by atoms with Crippen LogP contribution in [0.4, 0.5) is 0 Å². The van der Waals surface area contributed by atoms with Gasteiger partial charge in [0.1, 0.15) is 5.75 Å². The fourth-order valence-corrected chi connectivity index (χ4v) is 3.51. The molecule has 0 atom stereocenters. The van der Waals surface area contributed by atoms with E-state index in [0.717, 1.165) is 5.75 Å². The highest BCUT2D eigenvalue weighted by Crippen LogP contribution is 2.40. The average Bonchev–Trinajstić information content (AvgIpc) is 2.99. The van der Waals surface area contributed by atoms with Gasteiger partial charge in [-0.25, -0.2) is 0 Å². The van der Waals surface area contributed by atoms with Gasteiger partial charge in [-0.2, -0.15) is 0 Å². The molecule has 2 heteroatoms. The molecular weight excluding hydrogens is 294 g/mol. The SMILES string of the molecule is COc1ccc(-c2c(C(C)C)ccc3[nH]c4ccccc4c23)cc1. The highest BCUT2D eigenvalue weighted by atomic mass is 16.5. The molecule has 1 N–H and O–H groups in total. The van der Waals surface area contributed by atoms with Gasteiger partial charge in [0.05, 0.1) is 7.11 Å². The summed E-state index contributed by atoms with van der Waals surface area (Å²) in [5, 5.41) is 2.59. The van der Waals surface area contributed by atoms with E-state index in [1.807, 2.05) is 12.1 Å². The summed E-state index contributed by atoms with van der Waals surface area (Å²) in [5.41, 5.74) is 6.30. The molecule has 3 aromatic carbocycles. The smallest absolute Gasteiger partial charge is 0.118 e. The molecule has 0 bridgehead atoms. The zero-order chi connectivity index (χ0) is 16.7. The van der Waals surface area contributed by atoms with Crippen LogP contribution >= 0.6 is 0 Å². The summed E-state index contributed by atoms with van der Waals surface area (Å²) in [5.74, 6) is 1.34. The lowest BCUT2D eigenvalue weighted by atomic mass is 9.89. The second-order valence-electron chi connectivity index (χ2n) is 6.51. The van der Waals surface area contributed by atoms with Crippen molar-refractivity contribution in [2.45, 2.75) is 19.8 Å². The third kappa shape index (κ3) is 2.26. The molecule has 0 saturated carbocycles. The van der Waals surface area contributed by atoms with Crippen molar-refractivity contribution < 1.29 is 4.74 Å². The molecule has 0 spiro atoms. The summed E-state index contributed by atoms with van der Waals surface area (Å²) in [6.07, 6.45) is 0. The van der Waals surface area contributed by atoms with E-state index < -0.39 is 0 Å². The van der Waals surface area contributed by atoms with Crippen molar-refractivity contribution in [3.8, 4) is 16.9 Å². The van der Waals surface area contributed by atoms with Gasteiger partial charge in [-0.15, -0.1) is 0 Å². The first-order valence-corrected chi connectivity index (χ1v) is 8.37. The van der Waals surface area contributed by atoms with Gasteiger partial charge >= 0.3 is 0 Å². The molecule has 4 aromatic rings. The highest BCUT2D eigenvalue weighted by Gasteiger charge is 2.16. The third-order valence-electron chi connectivity index (χ3n) is 4.70. The molecule has 0 aliphatic rings. The molecule has 0 fully saturated rings. The van der Waals surface area contributed by atoms with Crippen molar-refractivity contribution in [1.29, 1.82) is 0 Å². The molecule has 0 unspecified atom stereocenters. The van der Waals surface area contributed by atoms with Crippen LogP contribution < -0.4 is 4.74 Å². The Balaban J connectivity index is 2.10. The van der Waals surface area contributed by atoms with Crippen LogP contribution in [-0.4, -0.2) is 12.1 Å². The van der Waals surface area contributed by atoms with Crippen LogP contribution in [0.15, 0.2) is 60.7 Å². The molecule has 0 radical (unpaired) electrons. The van der Waals surface area contributed by atoms with Crippen LogP contribution in [0.1, 0.15) is 25.3 Å². The van der Waals surface area contributed by atoms with Crippen molar-refractivity contribution in [2.24, 2.45) is 0 Å². The number of rotatable bonds is 3. The number of H-pyrrole nitrogens is 1. The van der Waals surface area contributed by atoms with E-state index in [-0.39, 0.29) is 0 Å². The number of nitrogens with one attached hydrogen (secondary N) is 1. The largest absolute Gasteiger partial charge is 0.497 e. The quantitative estimate of drug-likeness (QED) is 0.484. The second kappa shape index (κ2) is 5.72. The summed E-state index contributed by atoms with van der Waals surface area (Å²) < 4.78 is 5.32. The number of benzene rings is 3. The molecule has 1 aromatic heterocycles. The summed E-state index contributed by atoms with van der Waals surface area (Å²) in [7, 11) is 1.70. The second-order valence-corrected chi connectivity index (χ2v) is 6.51. The molecule has 0 saturated heterocycles. The standard InChI is InChI=1S/C22H21NO/c1-14(2)17-12-13-20-22(18-6-4-5-7-19(18)23-20)21(17)15-8-10-16(24-3)11-9-15/h4-14,23H,1-3H3. The summed E-state index contributed by atoms with van der Waals surface area (Å²) in [6, 6.07) is 21.4. The Bertz CT molecular complexity index is 1010. The molecule has 1 heterocycles. The van der Waals surface area contributed by atoms with Crippen molar-refractivity contribution >= 4 is 21.8 Å². The first-order valence-electron chi connectivity index (χ1n) is 8.37. The number of methoxy groups -OCH3 is 1. The Morgan fingerprint density at radius 1 is 0.833 bits per heavy atom. The van der Waals surface area contributed by atoms with Crippen LogP contribution in [0, 0.1) is 0 Å². The topological polar surface area (TPSA) is 25.0 Å². The minimum absolute atomic E-state index is 0.458. The van der Waals surface area contributed by atoms with E-state index in [2.05, 4.69) is 67.4 Å². The predicted molar refractivity (Wildman–Crippen MR) is 102 cm³/mol. The summed E-state index contributed by atoms with van der Waals surface area (Å²) >= 11 is 0. The van der Waals surface area contributed by atoms with Crippen LogP contribution in [0.2, 0.25) is 0 Å². The molecule has 0 aliphatic heterocycles. The first-order chi connectivity index (χ1) is 11.7. The molecule has 2 nitrogen and oxygen atoms in total. The van der Waals surface area contributed by atoms with Crippen molar-refractivity contribution in [2.75, 3.05) is 7.11 Å². The van der Waals surface area contributed by atoms with E-state index in [0.29, 0.717) is 5.92 Å². The van der Waals surface area contributed by atoms with E-state index >= 15 is 0 Å². The van der Waals surface area contributed by atoms with E-state index in [1.165, 1.54) is 38.5 Å². The van der Waals surface area contributed by atoms with Gasteiger partial charge < -0.3 is 9.72 Å². The minimum atomic E-state index is 0.458. The van der Waals surface area contributed by atoms with Crippen LogP contribution in [0.3, 0.4) is 0 Å². The Hall–Kier alpha value is -2.74. The van der Waals surface area contributed by atoms with Crippen molar-refractivity contribution in [1.82, 2.24) is 4.98 Å². The Morgan fingerprint density at radius 3 is 2.29 bits per heavy atom. The zero-order valence-electron chi connectivity index (χ0n) is 14.3. The molecule has 120 valence electrons. The van der Waals surface area contributed by atoms with Crippen molar-refractivity contribution in [3.05, 3.63) is 66.2 Å². The van der Waals surface area contributed by atoms with E-state index in [4.69, 9.17) is 4.74 Å². The fraction of sp³-hybridized carbons (Fsp3) is 0.182. The molecule has 0 amide bonds. The maximum Gasteiger partial charge on any atom is 0.118 e. The molecular formula is C22H21NO. The highest BCUT2D eigenvalue weighted by molar-refractivity contribution is 6.15. The Morgan fingerprint density at radius 2 is 1.58 bits per heavy atom. The molecule has 0 aliphatic carbocycles. The number of para-hydroxylation sites is 1. The van der Waals surface area contributed by atoms with Gasteiger partial charge in [0.25, 0.3) is 0 Å². The van der Waals surface area contributed by atoms with Gasteiger partial charge in [-0.3, -0.25) is 0 Å². The predicted octanol–water partition coefficient (Wildman–Crippen LogP) is 6.12. The first kappa shape index (κ1) is 14.8. The Labute approximate surface area is 142 Å². The lowest BCUT2D eigenvalue weighted by Gasteiger charge is -2.15. The van der Waals surface area contributed by atoms with Crippen molar-refractivity contribution in [3.63, 3.8) is 0 Å². The number of hydrogen-bond donors (Lipinski definition) is 1. The van der Waals surface area contributed by atoms with Gasteiger partial charge in [-0.1, -0.05) is 50.2 Å². The maximum atomic E-state index is 5.32. The van der Waals surface area contributed by atoms with Crippen LogP contribution in [0.25, 0.3) is 32.9 Å². The van der Waals surface area contributed by atoms with Gasteiger partial charge in [0, 0.05) is 21.8 Å². The normalized spacial score (nSPS) is 11.5. The van der Waals surface area contributed by atoms with Crippen LogP contribution in [0.5, 0.6) is 5.75 Å². The number of aromatic nitrogens is 1. The van der Waals surface area contributed by atoms with Crippen LogP contribution in [-0.2, 0) is 0 Å². The third-order valence-corrected chi connectivity index (χ3v) is 4.70. The number of fused-ring (bicyclic) bond motifs is 3. The van der Waals surface area contributed by atoms with Gasteiger partial charge in [0.2, 0.25) is 0 Å². The average molecular weight is 315 g/mol. The van der Waals surface area contributed by atoms with E-state index in [9.17, 15) is 0 Å². The number of ether oxygens (including phenoxy) is 1. The monoisotopic (exact) mass is 315 g/mol. The summed E-state index contributed by atoms with van der Waals surface area (Å²) in [6.45, 7) is 4.51. The lowest BCUT2D eigenvalue weighted by Crippen LogP contribution is -1.93. The van der Waals surface area contributed by atoms with Gasteiger partial charge in [-0.05, 0) is 46.9 Å². The molecule has 24 heavy (non-hydrogen) atoms. The number of aromatic amines is 1. The van der Waals surface area contributed by atoms with E-state index in [1.54, 1.807) is 7.11 Å². The van der Waals surface area contributed by atoms with Gasteiger partial charge in [0.15, 0.2) is 0 Å². The number of hydrogen-bond acceptors (Lipinski definition) is 1. The fourth-order valence-electron chi connectivity index (χ4n) is 3.51.